The second-order valence-corrected chi connectivity index (χ2v) is 6.62. The van der Waals surface area contributed by atoms with E-state index in [2.05, 4.69) is 10.6 Å². The molecule has 0 fully saturated rings. The van der Waals surface area contributed by atoms with Gasteiger partial charge < -0.3 is 19.8 Å². The number of carbonyl (C=O) groups is 2. The predicted octanol–water partition coefficient (Wildman–Crippen LogP) is 4.07. The number of rotatable bonds is 8. The lowest BCUT2D eigenvalue weighted by Crippen LogP contribution is -2.34. The fourth-order valence-electron chi connectivity index (χ4n) is 2.87. The van der Waals surface area contributed by atoms with Gasteiger partial charge in [0.15, 0.2) is 0 Å². The van der Waals surface area contributed by atoms with E-state index in [0.717, 1.165) is 11.1 Å². The van der Waals surface area contributed by atoms with Crippen molar-refractivity contribution < 1.29 is 18.7 Å². The number of furan rings is 1. The Labute approximate surface area is 175 Å². The zero-order chi connectivity index (χ0) is 21.3. The minimum atomic E-state index is -0.432. The molecule has 6 heteroatoms. The van der Waals surface area contributed by atoms with Gasteiger partial charge >= 0.3 is 0 Å². The Hall–Kier alpha value is -3.80. The lowest BCUT2D eigenvalue weighted by Gasteiger charge is -2.13. The number of nitrogens with one attached hydrogen (secondary N) is 2. The number of para-hydroxylation sites is 1. The molecule has 6 nitrogen and oxygen atoms in total. The lowest BCUT2D eigenvalue weighted by molar-refractivity contribution is -0.117. The van der Waals surface area contributed by atoms with E-state index in [1.807, 2.05) is 44.2 Å². The minimum Gasteiger partial charge on any atom is -0.494 e. The number of benzene rings is 2. The summed E-state index contributed by atoms with van der Waals surface area (Å²) >= 11 is 0. The minimum absolute atomic E-state index is 0.0883. The Morgan fingerprint density at radius 3 is 2.63 bits per heavy atom. The number of aryl methyl sites for hydroxylation is 1. The quantitative estimate of drug-likeness (QED) is 0.555. The number of amides is 2. The summed E-state index contributed by atoms with van der Waals surface area (Å²) in [5.41, 5.74) is 2.35. The van der Waals surface area contributed by atoms with Crippen LogP contribution in [0.1, 0.15) is 34.2 Å². The van der Waals surface area contributed by atoms with Crippen LogP contribution >= 0.6 is 0 Å². The smallest absolute Gasteiger partial charge is 0.268 e. The van der Waals surface area contributed by atoms with E-state index in [4.69, 9.17) is 9.15 Å². The number of hydrogen-bond donors (Lipinski definition) is 2. The van der Waals surface area contributed by atoms with E-state index >= 15 is 0 Å². The highest BCUT2D eigenvalue weighted by Gasteiger charge is 2.16. The maximum absolute atomic E-state index is 12.9. The van der Waals surface area contributed by atoms with Gasteiger partial charge in [-0.15, -0.1) is 0 Å². The van der Waals surface area contributed by atoms with E-state index in [1.54, 1.807) is 30.3 Å². The molecule has 154 valence electrons. The topological polar surface area (TPSA) is 80.6 Å². The molecule has 2 N–H and O–H groups in total. The first-order valence-electron chi connectivity index (χ1n) is 9.69. The molecule has 0 unspecified atom stereocenters. The summed E-state index contributed by atoms with van der Waals surface area (Å²) in [5, 5.41) is 5.53. The van der Waals surface area contributed by atoms with Crippen molar-refractivity contribution in [2.45, 2.75) is 20.4 Å². The van der Waals surface area contributed by atoms with Crippen LogP contribution in [0.15, 0.2) is 77.0 Å². The number of carbonyl (C=O) groups excluding carboxylic acids is 2. The molecule has 0 aliphatic carbocycles. The van der Waals surface area contributed by atoms with E-state index in [1.165, 1.54) is 12.3 Å². The second kappa shape index (κ2) is 10.1. The van der Waals surface area contributed by atoms with Gasteiger partial charge in [-0.05, 0) is 44.2 Å². The molecule has 0 spiro atoms. The Balaban J connectivity index is 1.77. The fraction of sp³-hybridized carbons (Fsp3) is 0.167. The normalized spacial score (nSPS) is 11.1. The molecule has 0 aliphatic heterocycles. The molecule has 2 amide bonds. The van der Waals surface area contributed by atoms with Crippen LogP contribution in [0.2, 0.25) is 0 Å². The van der Waals surface area contributed by atoms with Gasteiger partial charge in [0.05, 0.1) is 12.9 Å². The predicted molar refractivity (Wildman–Crippen MR) is 115 cm³/mol. The van der Waals surface area contributed by atoms with Crippen molar-refractivity contribution in [3.8, 4) is 5.75 Å². The van der Waals surface area contributed by atoms with Crippen LogP contribution in [0.25, 0.3) is 6.08 Å². The standard InChI is InChI=1S/C24H24N2O4/c1-3-29-22-12-5-4-9-19(22)16-25-24(28)21(15-20-11-7-13-30-20)26-23(27)18-10-6-8-17(2)14-18/h4-15H,3,16H2,1-2H3,(H,25,28)(H,26,27)/b21-15-. The van der Waals surface area contributed by atoms with Gasteiger partial charge in [-0.1, -0.05) is 35.9 Å². The summed E-state index contributed by atoms with van der Waals surface area (Å²) in [6, 6.07) is 18.1. The number of ether oxygens (including phenoxy) is 1. The summed E-state index contributed by atoms with van der Waals surface area (Å²) < 4.78 is 10.9. The first-order chi connectivity index (χ1) is 14.6. The summed E-state index contributed by atoms with van der Waals surface area (Å²) in [6.45, 7) is 4.59. The lowest BCUT2D eigenvalue weighted by atomic mass is 10.1. The second-order valence-electron chi connectivity index (χ2n) is 6.62. The van der Waals surface area contributed by atoms with E-state index in [9.17, 15) is 9.59 Å². The Kier molecular flexibility index (Phi) is 7.05. The zero-order valence-corrected chi connectivity index (χ0v) is 17.0. The summed E-state index contributed by atoms with van der Waals surface area (Å²) in [4.78, 5) is 25.5. The van der Waals surface area contributed by atoms with Gasteiger partial charge in [-0.25, -0.2) is 0 Å². The Morgan fingerprint density at radius 1 is 1.07 bits per heavy atom. The molecule has 1 aromatic heterocycles. The molecule has 1 heterocycles. The molecule has 3 rings (SSSR count). The van der Waals surface area contributed by atoms with Crippen LogP contribution in [0.3, 0.4) is 0 Å². The van der Waals surface area contributed by atoms with Crippen LogP contribution in [0.4, 0.5) is 0 Å². The first-order valence-corrected chi connectivity index (χ1v) is 9.69. The molecule has 0 atom stereocenters. The SMILES string of the molecule is CCOc1ccccc1CNC(=O)/C(=C/c1ccco1)NC(=O)c1cccc(C)c1. The molecule has 3 aromatic rings. The van der Waals surface area contributed by atoms with Gasteiger partial charge in [-0.2, -0.15) is 0 Å². The third-order valence-corrected chi connectivity index (χ3v) is 4.31. The molecule has 0 radical (unpaired) electrons. The van der Waals surface area contributed by atoms with E-state index < -0.39 is 5.91 Å². The maximum Gasteiger partial charge on any atom is 0.268 e. The fourth-order valence-corrected chi connectivity index (χ4v) is 2.87. The van der Waals surface area contributed by atoms with Gasteiger partial charge in [0.25, 0.3) is 11.8 Å². The van der Waals surface area contributed by atoms with Gasteiger partial charge in [0.1, 0.15) is 17.2 Å². The van der Waals surface area contributed by atoms with Crippen molar-refractivity contribution in [2.75, 3.05) is 6.61 Å². The third-order valence-electron chi connectivity index (χ3n) is 4.31. The molecule has 0 aliphatic rings. The third kappa shape index (κ3) is 5.61. The van der Waals surface area contributed by atoms with Gasteiger partial charge in [0, 0.05) is 23.7 Å². The molecular weight excluding hydrogens is 380 g/mol. The molecule has 0 bridgehead atoms. The van der Waals surface area contributed by atoms with Gasteiger partial charge in [-0.3, -0.25) is 9.59 Å². The van der Waals surface area contributed by atoms with Crippen molar-refractivity contribution in [2.24, 2.45) is 0 Å². The van der Waals surface area contributed by atoms with Crippen LogP contribution in [0, 0.1) is 6.92 Å². The Morgan fingerprint density at radius 2 is 1.90 bits per heavy atom. The molecule has 30 heavy (non-hydrogen) atoms. The summed E-state index contributed by atoms with van der Waals surface area (Å²) in [6.07, 6.45) is 3.00. The first kappa shape index (κ1) is 20.9. The van der Waals surface area contributed by atoms with Crippen molar-refractivity contribution in [1.29, 1.82) is 0 Å². The van der Waals surface area contributed by atoms with Crippen LogP contribution in [-0.2, 0) is 11.3 Å². The highest BCUT2D eigenvalue weighted by atomic mass is 16.5. The monoisotopic (exact) mass is 404 g/mol. The average molecular weight is 404 g/mol. The molecule has 0 saturated carbocycles. The highest BCUT2D eigenvalue weighted by molar-refractivity contribution is 6.05. The van der Waals surface area contributed by atoms with Gasteiger partial charge in [0.2, 0.25) is 0 Å². The van der Waals surface area contributed by atoms with Crippen molar-refractivity contribution >= 4 is 17.9 Å². The highest BCUT2D eigenvalue weighted by Crippen LogP contribution is 2.18. The molecule has 0 saturated heterocycles. The summed E-state index contributed by atoms with van der Waals surface area (Å²) in [5.74, 6) is 0.361. The van der Waals surface area contributed by atoms with Crippen molar-refractivity contribution in [3.63, 3.8) is 0 Å². The molecular formula is C24H24N2O4. The number of hydrogen-bond acceptors (Lipinski definition) is 4. The molecule has 2 aromatic carbocycles. The zero-order valence-electron chi connectivity index (χ0n) is 17.0. The van der Waals surface area contributed by atoms with Crippen LogP contribution in [-0.4, -0.2) is 18.4 Å². The van der Waals surface area contributed by atoms with Crippen LogP contribution < -0.4 is 15.4 Å². The average Bonchev–Trinajstić information content (AvgIpc) is 3.26. The Bertz CT molecular complexity index is 1040. The summed E-state index contributed by atoms with van der Waals surface area (Å²) in [7, 11) is 0. The van der Waals surface area contributed by atoms with Crippen molar-refractivity contribution in [1.82, 2.24) is 10.6 Å². The largest absolute Gasteiger partial charge is 0.494 e. The van der Waals surface area contributed by atoms with E-state index in [-0.39, 0.29) is 18.1 Å². The van der Waals surface area contributed by atoms with Crippen LogP contribution in [0.5, 0.6) is 5.75 Å². The van der Waals surface area contributed by atoms with E-state index in [0.29, 0.717) is 23.7 Å². The van der Waals surface area contributed by atoms with Crippen molar-refractivity contribution in [3.05, 3.63) is 95.1 Å². The maximum atomic E-state index is 12.9.